The molecule has 0 aliphatic heterocycles. The summed E-state index contributed by atoms with van der Waals surface area (Å²) in [7, 11) is 0. The van der Waals surface area contributed by atoms with Crippen molar-refractivity contribution in [1.82, 2.24) is 14.7 Å². The molecule has 7 N–H and O–H groups in total. The molecule has 22 nitrogen and oxygen atoms in total. The molecule has 5 aromatic carbocycles. The van der Waals surface area contributed by atoms with Gasteiger partial charge in [0.05, 0.1) is 32.7 Å². The minimum absolute atomic E-state index is 0.0415. The van der Waals surface area contributed by atoms with Crippen LogP contribution in [-0.2, 0) is 50.0 Å². The fourth-order valence-corrected chi connectivity index (χ4v) is 8.89. The second-order valence-electron chi connectivity index (χ2n) is 18.3. The monoisotopic (exact) mass is 1290 g/mol. The van der Waals surface area contributed by atoms with Gasteiger partial charge in [-0.05, 0) is 66.3 Å². The number of aryl methyl sites for hydroxylation is 1. The van der Waals surface area contributed by atoms with Gasteiger partial charge in [0.25, 0.3) is 0 Å². The number of carboxylic acid groups (broad SMARTS) is 7. The summed E-state index contributed by atoms with van der Waals surface area (Å²) >= 11 is 0.672. The van der Waals surface area contributed by atoms with Gasteiger partial charge in [0, 0.05) is 25.7 Å². The van der Waals surface area contributed by atoms with E-state index in [1.165, 1.54) is 50.1 Å². The Morgan fingerprint density at radius 1 is 0.494 bits per heavy atom. The van der Waals surface area contributed by atoms with E-state index in [2.05, 4.69) is 6.92 Å². The second kappa shape index (κ2) is 31.5. The van der Waals surface area contributed by atoms with Gasteiger partial charge in [0.1, 0.15) is 36.0 Å². The quantitative estimate of drug-likeness (QED) is 0.0277. The Morgan fingerprint density at radius 3 is 1.37 bits per heavy atom. The van der Waals surface area contributed by atoms with Crippen LogP contribution in [-0.4, -0.2) is 195 Å². The van der Waals surface area contributed by atoms with Crippen molar-refractivity contribution >= 4 is 69.8 Å². The Labute approximate surface area is 470 Å². The van der Waals surface area contributed by atoms with E-state index in [0.29, 0.717) is 30.3 Å². The number of hydrogen-bond donors (Lipinski definition) is 7. The van der Waals surface area contributed by atoms with Crippen molar-refractivity contribution in [2.24, 2.45) is 0 Å². The number of hydrogen-bond acceptors (Lipinski definition) is 15. The summed E-state index contributed by atoms with van der Waals surface area (Å²) in [5.41, 5.74) is 3.04. The molecule has 2 atom stereocenters. The summed E-state index contributed by atoms with van der Waals surface area (Å²) in [6.45, 7) is -2.32. The van der Waals surface area contributed by atoms with Crippen molar-refractivity contribution in [2.45, 2.75) is 58.0 Å². The van der Waals surface area contributed by atoms with Crippen LogP contribution in [0.4, 0.5) is 0 Å². The van der Waals surface area contributed by atoms with E-state index < -0.39 is 86.7 Å². The van der Waals surface area contributed by atoms with Crippen LogP contribution in [0.3, 0.4) is 0 Å². The molecule has 0 bridgehead atoms. The zero-order valence-electron chi connectivity index (χ0n) is 43.3. The largest absolute Gasteiger partial charge is 0.483 e. The summed E-state index contributed by atoms with van der Waals surface area (Å²) in [6.07, 6.45) is 2.00. The van der Waals surface area contributed by atoms with Crippen LogP contribution in [0, 0.1) is 0 Å². The number of aliphatic carboxylic acids is 5. The van der Waals surface area contributed by atoms with Crippen molar-refractivity contribution in [3.63, 3.8) is 0 Å². The molecule has 0 aliphatic rings. The SMILES string of the molecule is CCCCc1ccc(COc2ccc(OCC(COc3ccc(OCc4cc[c]([BiH2])cc4)cc3C(=O)O)Oc3ccc(CC(CN(CCN(CC(=O)O)CC(=O)O)CC(=O)O)N(CC(=O)O)CC(=O)O)cc3)c(C(=O)O)c2)cc1. The molecular weight excluding hydrogens is 1230 g/mol. The number of ether oxygens (including phenoxy) is 5. The molecule has 0 spiro atoms. The smallest absolute Gasteiger partial charge is 0.339 e. The van der Waals surface area contributed by atoms with E-state index in [4.69, 9.17) is 23.7 Å². The maximum Gasteiger partial charge on any atom is 0.339 e. The molecule has 79 heavy (non-hydrogen) atoms. The van der Waals surface area contributed by atoms with Crippen LogP contribution >= 0.6 is 0 Å². The molecule has 5 rings (SSSR count). The first-order chi connectivity index (χ1) is 37.7. The topological polar surface area (TPSA) is 317 Å². The van der Waals surface area contributed by atoms with Crippen LogP contribution in [0.2, 0.25) is 0 Å². The van der Waals surface area contributed by atoms with E-state index in [-0.39, 0.29) is 92.4 Å². The molecule has 0 aromatic heterocycles. The number of carboxylic acids is 7. The van der Waals surface area contributed by atoms with Gasteiger partial charge in [-0.25, -0.2) is 4.79 Å². The Bertz CT molecular complexity index is 2820. The predicted molar refractivity (Wildman–Crippen MR) is 287 cm³/mol. The Balaban J connectivity index is 1.39. The van der Waals surface area contributed by atoms with E-state index >= 15 is 0 Å². The van der Waals surface area contributed by atoms with Gasteiger partial charge in [-0.1, -0.05) is 49.7 Å². The fraction of sp³-hybridized carbons (Fsp3) is 0.339. The Morgan fingerprint density at radius 2 is 0.911 bits per heavy atom. The van der Waals surface area contributed by atoms with E-state index in [0.717, 1.165) is 40.2 Å². The number of carbonyl (C=O) groups is 7. The standard InChI is InChI=1S/C56H62N3O19.Bi.2H/c1-2-3-7-37-10-12-40(13-11-37)34-75-44-19-21-49(47(26-44)56(72)73)77-36-45(35-76-48-20-18-43(25-46(48)55(70)71)74-33-39-8-5-4-6-9-39)78-42-16-14-38(15-17-42)24-41(59(31-53(66)67)32-54(68)69)27-57(28-50(60)61)22-23-58(29-51(62)63)30-52(64)65;;;/h5-6,8-21,25-26,41,45H,2-3,7,22-24,27-36H2,1H3,(H,60,61)(H,62,63)(H,64,65)(H,66,67)(H,68,69)(H,70,71)(H,72,73);;;. The molecule has 0 radical (unpaired) electrons. The number of nitrogens with zero attached hydrogens (tertiary/aromatic N) is 3. The first kappa shape index (κ1) is 62.0. The molecule has 0 fully saturated rings. The van der Waals surface area contributed by atoms with E-state index in [9.17, 15) is 69.3 Å². The van der Waals surface area contributed by atoms with Crippen LogP contribution in [0.15, 0.2) is 109 Å². The molecule has 0 saturated heterocycles. The Kier molecular flexibility index (Phi) is 24.7. The minimum atomic E-state index is -1.37. The first-order valence-corrected chi connectivity index (χ1v) is 27.2. The average Bonchev–Trinajstić information content (AvgIpc) is 3.40. The predicted octanol–water partition coefficient (Wildman–Crippen LogP) is 3.99. The minimum Gasteiger partial charge on any atom is -0.483 e. The van der Waals surface area contributed by atoms with Crippen LogP contribution in [0.5, 0.6) is 28.7 Å². The van der Waals surface area contributed by atoms with Crippen LogP contribution < -0.4 is 27.0 Å². The summed E-state index contributed by atoms with van der Waals surface area (Å²) in [6, 6.07) is 29.7. The van der Waals surface area contributed by atoms with Gasteiger partial charge in [-0.3, -0.25) is 38.7 Å². The van der Waals surface area contributed by atoms with Gasteiger partial charge in [0.2, 0.25) is 0 Å². The number of benzene rings is 5. The van der Waals surface area contributed by atoms with Gasteiger partial charge >= 0.3 is 167 Å². The van der Waals surface area contributed by atoms with Gasteiger partial charge in [-0.15, -0.1) is 0 Å². The molecule has 0 aliphatic carbocycles. The average molecular weight is 1290 g/mol. The number of rotatable bonds is 37. The first-order valence-electron chi connectivity index (χ1n) is 24.9. The number of aromatic carboxylic acids is 2. The van der Waals surface area contributed by atoms with Gasteiger partial charge in [0.15, 0.2) is 6.10 Å². The van der Waals surface area contributed by atoms with Crippen molar-refractivity contribution in [1.29, 1.82) is 0 Å². The summed E-state index contributed by atoms with van der Waals surface area (Å²) in [4.78, 5) is 87.6. The molecule has 0 amide bonds. The summed E-state index contributed by atoms with van der Waals surface area (Å²) in [5, 5.41) is 68.5. The zero-order valence-corrected chi connectivity index (χ0v) is 47.8. The zero-order chi connectivity index (χ0) is 57.4. The summed E-state index contributed by atoms with van der Waals surface area (Å²) in [5.74, 6) is -8.66. The van der Waals surface area contributed by atoms with Crippen LogP contribution in [0.1, 0.15) is 62.7 Å². The molecule has 5 aromatic rings. The van der Waals surface area contributed by atoms with Crippen molar-refractivity contribution in [2.75, 3.05) is 65.6 Å². The third kappa shape index (κ3) is 22.2. The maximum atomic E-state index is 12.6. The molecule has 23 heteroatoms. The van der Waals surface area contributed by atoms with E-state index in [1.54, 1.807) is 24.3 Å². The Hall–Kier alpha value is -7.85. The number of unbranched alkanes of at least 4 members (excludes halogenated alkanes) is 1. The molecule has 422 valence electrons. The summed E-state index contributed by atoms with van der Waals surface area (Å²) < 4.78 is 31.6. The molecule has 0 heterocycles. The molecule has 0 saturated carbocycles. The van der Waals surface area contributed by atoms with Gasteiger partial charge in [-0.2, -0.15) is 0 Å². The van der Waals surface area contributed by atoms with Crippen molar-refractivity contribution in [3.8, 4) is 28.7 Å². The normalized spacial score (nSPS) is 11.9. The van der Waals surface area contributed by atoms with Crippen molar-refractivity contribution < 1.29 is 93.0 Å². The third-order valence-corrected chi connectivity index (χ3v) is 13.5. The van der Waals surface area contributed by atoms with Gasteiger partial charge < -0.3 is 44.8 Å². The maximum absolute atomic E-state index is 12.6. The second-order valence-corrected chi connectivity index (χ2v) is 20.9. The van der Waals surface area contributed by atoms with Crippen molar-refractivity contribution in [3.05, 3.63) is 143 Å². The molecule has 2 unspecified atom stereocenters. The fourth-order valence-electron chi connectivity index (χ4n) is 8.14. The van der Waals surface area contributed by atoms with E-state index in [1.807, 2.05) is 48.5 Å². The van der Waals surface area contributed by atoms with Crippen LogP contribution in [0.25, 0.3) is 0 Å². The third-order valence-electron chi connectivity index (χ3n) is 12.0. The molecular formula is C56H64BiN3O19.